The molecule has 3 nitrogen and oxygen atoms in total. The molecule has 68 valence electrons. The van der Waals surface area contributed by atoms with Gasteiger partial charge in [0.2, 0.25) is 5.91 Å². The van der Waals surface area contributed by atoms with E-state index in [4.69, 9.17) is 11.6 Å². The maximum absolute atomic E-state index is 11.3. The predicted molar refractivity (Wildman–Crippen MR) is 49.4 cm³/mol. The van der Waals surface area contributed by atoms with Crippen LogP contribution in [0.25, 0.3) is 0 Å². The molecule has 1 amide bonds. The molecule has 0 N–H and O–H groups in total. The molecule has 1 heterocycles. The fourth-order valence-corrected chi connectivity index (χ4v) is 1.25. The number of carbonyl (C=O) groups excluding carboxylic acids is 1. The molecule has 0 atom stereocenters. The molecule has 0 fully saturated rings. The van der Waals surface area contributed by atoms with Crippen molar-refractivity contribution in [3.63, 3.8) is 0 Å². The molecule has 1 aliphatic rings. The molecule has 0 unspecified atom stereocenters. The summed E-state index contributed by atoms with van der Waals surface area (Å²) < 4.78 is 0. The topological polar surface area (TPSA) is 32.7 Å². The SMILES string of the molecule is CCCCN1CN=C(Cl)CC1=O. The van der Waals surface area contributed by atoms with Gasteiger partial charge >= 0.3 is 0 Å². The summed E-state index contributed by atoms with van der Waals surface area (Å²) in [5.74, 6) is 0.100. The van der Waals surface area contributed by atoms with Gasteiger partial charge in [-0.05, 0) is 6.42 Å². The molecular weight excluding hydrogens is 176 g/mol. The van der Waals surface area contributed by atoms with Crippen LogP contribution in [0.3, 0.4) is 0 Å². The highest BCUT2D eigenvalue weighted by atomic mass is 35.5. The highest BCUT2D eigenvalue weighted by Crippen LogP contribution is 2.08. The Morgan fingerprint density at radius 3 is 3.00 bits per heavy atom. The first-order chi connectivity index (χ1) is 5.74. The lowest BCUT2D eigenvalue weighted by Gasteiger charge is -2.23. The van der Waals surface area contributed by atoms with Crippen molar-refractivity contribution >= 4 is 22.7 Å². The van der Waals surface area contributed by atoms with Crippen molar-refractivity contribution in [3.05, 3.63) is 0 Å². The van der Waals surface area contributed by atoms with Crippen LogP contribution in [0.4, 0.5) is 0 Å². The zero-order chi connectivity index (χ0) is 8.97. The van der Waals surface area contributed by atoms with E-state index in [0.717, 1.165) is 19.4 Å². The molecule has 0 aromatic heterocycles. The average molecular weight is 189 g/mol. The van der Waals surface area contributed by atoms with E-state index in [1.165, 1.54) is 0 Å². The normalized spacial score (nSPS) is 18.0. The number of hydrogen-bond donors (Lipinski definition) is 0. The minimum absolute atomic E-state index is 0.100. The first-order valence-corrected chi connectivity index (χ1v) is 4.58. The predicted octanol–water partition coefficient (Wildman–Crippen LogP) is 1.61. The van der Waals surface area contributed by atoms with Crippen molar-refractivity contribution in [1.29, 1.82) is 0 Å². The molecule has 1 rings (SSSR count). The maximum atomic E-state index is 11.3. The second-order valence-electron chi connectivity index (χ2n) is 2.86. The van der Waals surface area contributed by atoms with E-state index in [2.05, 4.69) is 11.9 Å². The third kappa shape index (κ3) is 2.48. The Hall–Kier alpha value is -0.570. The molecule has 4 heteroatoms. The van der Waals surface area contributed by atoms with Crippen LogP contribution in [-0.4, -0.2) is 29.2 Å². The summed E-state index contributed by atoms with van der Waals surface area (Å²) in [5, 5.41) is 0.438. The minimum Gasteiger partial charge on any atom is -0.323 e. The first kappa shape index (κ1) is 9.52. The van der Waals surface area contributed by atoms with E-state index in [1.54, 1.807) is 4.90 Å². The fraction of sp³-hybridized carbons (Fsp3) is 0.750. The number of aliphatic imine (C=N–C) groups is 1. The van der Waals surface area contributed by atoms with Gasteiger partial charge in [0.25, 0.3) is 0 Å². The summed E-state index contributed by atoms with van der Waals surface area (Å²) in [5.41, 5.74) is 0. The molecule has 0 aromatic carbocycles. The summed E-state index contributed by atoms with van der Waals surface area (Å²) in [7, 11) is 0. The number of unbranched alkanes of at least 4 members (excludes halogenated alkanes) is 1. The number of rotatable bonds is 3. The highest BCUT2D eigenvalue weighted by Gasteiger charge is 2.18. The highest BCUT2D eigenvalue weighted by molar-refractivity contribution is 6.66. The molecule has 1 aliphatic heterocycles. The minimum atomic E-state index is 0.100. The van der Waals surface area contributed by atoms with E-state index in [-0.39, 0.29) is 12.3 Å². The molecule has 0 radical (unpaired) electrons. The van der Waals surface area contributed by atoms with Gasteiger partial charge in [-0.25, -0.2) is 0 Å². The van der Waals surface area contributed by atoms with Crippen LogP contribution in [0.5, 0.6) is 0 Å². The molecule has 0 aromatic rings. The summed E-state index contributed by atoms with van der Waals surface area (Å²) >= 11 is 5.61. The van der Waals surface area contributed by atoms with Gasteiger partial charge in [0, 0.05) is 6.54 Å². The largest absolute Gasteiger partial charge is 0.323 e. The van der Waals surface area contributed by atoms with Crippen molar-refractivity contribution in [1.82, 2.24) is 4.90 Å². The molecule has 0 saturated heterocycles. The van der Waals surface area contributed by atoms with Crippen molar-refractivity contribution in [3.8, 4) is 0 Å². The van der Waals surface area contributed by atoms with Gasteiger partial charge in [-0.2, -0.15) is 0 Å². The second kappa shape index (κ2) is 4.45. The summed E-state index contributed by atoms with van der Waals surface area (Å²) in [6, 6.07) is 0. The summed E-state index contributed by atoms with van der Waals surface area (Å²) in [6.45, 7) is 3.35. The monoisotopic (exact) mass is 188 g/mol. The Bertz CT molecular complexity index is 203. The van der Waals surface area contributed by atoms with Crippen LogP contribution in [-0.2, 0) is 4.79 Å². The lowest BCUT2D eigenvalue weighted by molar-refractivity contribution is -0.130. The van der Waals surface area contributed by atoms with Gasteiger partial charge in [-0.15, -0.1) is 0 Å². The Morgan fingerprint density at radius 2 is 2.42 bits per heavy atom. The Kier molecular flexibility index (Phi) is 3.53. The van der Waals surface area contributed by atoms with Crippen LogP contribution in [0.1, 0.15) is 26.2 Å². The van der Waals surface area contributed by atoms with Gasteiger partial charge in [-0.3, -0.25) is 9.79 Å². The standard InChI is InChI=1S/C8H13ClN2O/c1-2-3-4-11-6-10-7(9)5-8(11)12/h2-6H2,1H3. The lowest BCUT2D eigenvalue weighted by atomic mass is 10.3. The van der Waals surface area contributed by atoms with Crippen molar-refractivity contribution < 1.29 is 4.79 Å². The number of nitrogens with zero attached hydrogens (tertiary/aromatic N) is 2. The zero-order valence-corrected chi connectivity index (χ0v) is 7.97. The van der Waals surface area contributed by atoms with Gasteiger partial charge in [-0.1, -0.05) is 24.9 Å². The van der Waals surface area contributed by atoms with Crippen LogP contribution in [0, 0.1) is 0 Å². The molecule has 0 bridgehead atoms. The quantitative estimate of drug-likeness (QED) is 0.663. The van der Waals surface area contributed by atoms with E-state index < -0.39 is 0 Å². The van der Waals surface area contributed by atoms with Crippen molar-refractivity contribution in [2.24, 2.45) is 4.99 Å². The van der Waals surface area contributed by atoms with Gasteiger partial charge < -0.3 is 4.90 Å². The first-order valence-electron chi connectivity index (χ1n) is 4.20. The number of carbonyl (C=O) groups is 1. The second-order valence-corrected chi connectivity index (χ2v) is 3.30. The fourth-order valence-electron chi connectivity index (χ4n) is 1.08. The number of hydrogen-bond acceptors (Lipinski definition) is 2. The summed E-state index contributed by atoms with van der Waals surface area (Å²) in [4.78, 5) is 17.0. The molecule has 0 aliphatic carbocycles. The number of halogens is 1. The Labute approximate surface area is 77.4 Å². The van der Waals surface area contributed by atoms with Crippen LogP contribution in [0.15, 0.2) is 4.99 Å². The number of amides is 1. The third-order valence-corrected chi connectivity index (χ3v) is 2.10. The average Bonchev–Trinajstić information content (AvgIpc) is 2.03. The smallest absolute Gasteiger partial charge is 0.230 e. The Morgan fingerprint density at radius 1 is 1.67 bits per heavy atom. The summed E-state index contributed by atoms with van der Waals surface area (Å²) in [6.07, 6.45) is 2.42. The maximum Gasteiger partial charge on any atom is 0.230 e. The van der Waals surface area contributed by atoms with Crippen molar-refractivity contribution in [2.75, 3.05) is 13.2 Å². The molecule has 0 spiro atoms. The Balaban J connectivity index is 2.41. The van der Waals surface area contributed by atoms with Gasteiger partial charge in [0.15, 0.2) is 0 Å². The molecular formula is C8H13ClN2O. The third-order valence-electron chi connectivity index (χ3n) is 1.84. The lowest BCUT2D eigenvalue weighted by Crippen LogP contribution is -2.36. The van der Waals surface area contributed by atoms with Crippen LogP contribution in [0.2, 0.25) is 0 Å². The van der Waals surface area contributed by atoms with E-state index in [1.807, 2.05) is 0 Å². The van der Waals surface area contributed by atoms with Crippen LogP contribution < -0.4 is 0 Å². The molecule has 0 saturated carbocycles. The molecule has 12 heavy (non-hydrogen) atoms. The van der Waals surface area contributed by atoms with E-state index in [9.17, 15) is 4.79 Å². The van der Waals surface area contributed by atoms with E-state index >= 15 is 0 Å². The van der Waals surface area contributed by atoms with E-state index in [0.29, 0.717) is 11.8 Å². The van der Waals surface area contributed by atoms with Crippen LogP contribution >= 0.6 is 11.6 Å². The zero-order valence-electron chi connectivity index (χ0n) is 7.22. The van der Waals surface area contributed by atoms with Gasteiger partial charge in [0.05, 0.1) is 6.42 Å². The van der Waals surface area contributed by atoms with Gasteiger partial charge in [0.1, 0.15) is 11.8 Å². The van der Waals surface area contributed by atoms with Crippen molar-refractivity contribution in [2.45, 2.75) is 26.2 Å².